The maximum absolute atomic E-state index is 13.1. The predicted molar refractivity (Wildman–Crippen MR) is 49.1 cm³/mol. The Morgan fingerprint density at radius 3 is 2.33 bits per heavy atom. The first kappa shape index (κ1) is 12.2. The molecule has 6 heteroatoms. The van der Waals surface area contributed by atoms with E-state index in [1.807, 2.05) is 0 Å². The van der Waals surface area contributed by atoms with Crippen LogP contribution in [0.4, 0.5) is 17.6 Å². The molecule has 15 heavy (non-hydrogen) atoms. The van der Waals surface area contributed by atoms with Crippen LogP contribution in [0.5, 0.6) is 0 Å². The lowest BCUT2D eigenvalue weighted by Crippen LogP contribution is -2.06. The van der Waals surface area contributed by atoms with Crippen LogP contribution in [0.3, 0.4) is 0 Å². The van der Waals surface area contributed by atoms with E-state index in [0.29, 0.717) is 12.4 Å². The predicted octanol–water partition coefficient (Wildman–Crippen LogP) is 3.48. The second-order valence-electron chi connectivity index (χ2n) is 2.77. The molecule has 0 saturated heterocycles. The van der Waals surface area contributed by atoms with E-state index in [4.69, 9.17) is 0 Å². The van der Waals surface area contributed by atoms with E-state index in [2.05, 4.69) is 15.9 Å². The van der Waals surface area contributed by atoms with Crippen LogP contribution in [0, 0.1) is 5.82 Å². The van der Waals surface area contributed by atoms with Crippen molar-refractivity contribution < 1.29 is 22.4 Å². The van der Waals surface area contributed by atoms with Gasteiger partial charge in [0.25, 0.3) is 0 Å². The van der Waals surface area contributed by atoms with Crippen LogP contribution in [-0.4, -0.2) is 6.29 Å². The summed E-state index contributed by atoms with van der Waals surface area (Å²) in [6.07, 6.45) is -4.19. The van der Waals surface area contributed by atoms with Crippen molar-refractivity contribution >= 4 is 22.2 Å². The molecule has 0 saturated carbocycles. The zero-order valence-corrected chi connectivity index (χ0v) is 8.77. The molecule has 1 atom stereocenters. The number of halogens is 5. The molecule has 1 aromatic carbocycles. The number of benzene rings is 1. The number of aldehydes is 1. The number of carbonyl (C=O) groups excluding carboxylic acids is 1. The Bertz CT molecular complexity index is 375. The summed E-state index contributed by atoms with van der Waals surface area (Å²) in [7, 11) is 0. The molecule has 0 aromatic heterocycles. The van der Waals surface area contributed by atoms with E-state index >= 15 is 0 Å². The van der Waals surface area contributed by atoms with Gasteiger partial charge >= 0.3 is 6.18 Å². The Balaban J connectivity index is 3.14. The molecule has 0 fully saturated rings. The van der Waals surface area contributed by atoms with Gasteiger partial charge in [-0.2, -0.15) is 13.2 Å². The first-order valence-corrected chi connectivity index (χ1v) is 4.74. The lowest BCUT2D eigenvalue weighted by atomic mass is 10.1. The smallest absolute Gasteiger partial charge is 0.302 e. The largest absolute Gasteiger partial charge is 0.416 e. The second kappa shape index (κ2) is 4.30. The summed E-state index contributed by atoms with van der Waals surface area (Å²) >= 11 is 2.82. The van der Waals surface area contributed by atoms with Gasteiger partial charge in [-0.25, -0.2) is 4.39 Å². The third-order valence-electron chi connectivity index (χ3n) is 1.74. The third-order valence-corrected chi connectivity index (χ3v) is 2.45. The van der Waals surface area contributed by atoms with Gasteiger partial charge < -0.3 is 4.79 Å². The van der Waals surface area contributed by atoms with E-state index in [1.165, 1.54) is 0 Å². The summed E-state index contributed by atoms with van der Waals surface area (Å²) < 4.78 is 49.5. The fraction of sp³-hybridized carbons (Fsp3) is 0.222. The third kappa shape index (κ3) is 2.77. The lowest BCUT2D eigenvalue weighted by Gasteiger charge is -2.09. The van der Waals surface area contributed by atoms with Gasteiger partial charge in [0.2, 0.25) is 0 Å². The van der Waals surface area contributed by atoms with Crippen molar-refractivity contribution in [2.75, 3.05) is 0 Å². The zero-order chi connectivity index (χ0) is 11.6. The lowest BCUT2D eigenvalue weighted by molar-refractivity contribution is -0.137. The average molecular weight is 285 g/mol. The van der Waals surface area contributed by atoms with Crippen LogP contribution in [0.25, 0.3) is 0 Å². The van der Waals surface area contributed by atoms with Crippen LogP contribution in [-0.2, 0) is 11.0 Å². The monoisotopic (exact) mass is 284 g/mol. The quantitative estimate of drug-likeness (QED) is 0.462. The molecule has 0 aliphatic heterocycles. The molecule has 0 heterocycles. The molecule has 0 bridgehead atoms. The number of carbonyl (C=O) groups is 1. The molecule has 0 aliphatic carbocycles. The molecule has 0 amide bonds. The molecule has 0 unspecified atom stereocenters. The Morgan fingerprint density at radius 1 is 1.33 bits per heavy atom. The summed E-state index contributed by atoms with van der Waals surface area (Å²) in [6, 6.07) is 2.04. The first-order chi connectivity index (χ1) is 6.86. The fourth-order valence-electron chi connectivity index (χ4n) is 1.00. The number of alkyl halides is 4. The van der Waals surface area contributed by atoms with E-state index in [-0.39, 0.29) is 5.56 Å². The van der Waals surface area contributed by atoms with Crippen LogP contribution in [0.15, 0.2) is 18.2 Å². The molecule has 1 nitrogen and oxygen atoms in total. The van der Waals surface area contributed by atoms with Crippen LogP contribution < -0.4 is 0 Å². The minimum atomic E-state index is -4.58. The van der Waals surface area contributed by atoms with Gasteiger partial charge in [-0.1, -0.05) is 22.0 Å². The number of hydrogen-bond acceptors (Lipinski definition) is 1. The summed E-state index contributed by atoms with van der Waals surface area (Å²) in [5.41, 5.74) is -1.19. The molecule has 0 radical (unpaired) electrons. The molecule has 1 aromatic rings. The molecular formula is C9H5BrF4O. The van der Waals surface area contributed by atoms with Crippen molar-refractivity contribution in [1.82, 2.24) is 0 Å². The molecule has 0 spiro atoms. The van der Waals surface area contributed by atoms with Gasteiger partial charge in [0.15, 0.2) is 0 Å². The molecule has 1 rings (SSSR count). The Hall–Kier alpha value is -0.910. The molecule has 0 N–H and O–H groups in total. The SMILES string of the molecule is O=C[C@@H](Br)c1ccc(C(F)(F)F)cc1F. The van der Waals surface area contributed by atoms with Crippen molar-refractivity contribution in [3.05, 3.63) is 35.1 Å². The van der Waals surface area contributed by atoms with Crippen LogP contribution in [0.2, 0.25) is 0 Å². The summed E-state index contributed by atoms with van der Waals surface area (Å²) in [5.74, 6) is -1.06. The van der Waals surface area contributed by atoms with Crippen molar-refractivity contribution in [2.45, 2.75) is 11.0 Å². The molecular weight excluding hydrogens is 280 g/mol. The minimum Gasteiger partial charge on any atom is -0.302 e. The van der Waals surface area contributed by atoms with Gasteiger partial charge in [-0.15, -0.1) is 0 Å². The maximum Gasteiger partial charge on any atom is 0.416 e. The van der Waals surface area contributed by atoms with Crippen LogP contribution >= 0.6 is 15.9 Å². The zero-order valence-electron chi connectivity index (χ0n) is 7.18. The summed E-state index contributed by atoms with van der Waals surface area (Å²) in [5, 5.41) is 0. The normalized spacial score (nSPS) is 13.7. The van der Waals surface area contributed by atoms with E-state index < -0.39 is 22.4 Å². The molecule has 82 valence electrons. The molecule has 0 aliphatic rings. The van der Waals surface area contributed by atoms with Crippen molar-refractivity contribution in [2.24, 2.45) is 0 Å². The van der Waals surface area contributed by atoms with E-state index in [0.717, 1.165) is 12.1 Å². The summed E-state index contributed by atoms with van der Waals surface area (Å²) in [4.78, 5) is 9.37. The highest BCUT2D eigenvalue weighted by molar-refractivity contribution is 9.09. The van der Waals surface area contributed by atoms with Crippen molar-refractivity contribution in [1.29, 1.82) is 0 Å². The highest BCUT2D eigenvalue weighted by Gasteiger charge is 2.31. The van der Waals surface area contributed by atoms with Gasteiger partial charge in [0.05, 0.1) is 10.4 Å². The number of hydrogen-bond donors (Lipinski definition) is 0. The highest BCUT2D eigenvalue weighted by atomic mass is 79.9. The van der Waals surface area contributed by atoms with E-state index in [9.17, 15) is 22.4 Å². The van der Waals surface area contributed by atoms with Crippen LogP contribution in [0.1, 0.15) is 16.0 Å². The summed E-state index contributed by atoms with van der Waals surface area (Å²) in [6.45, 7) is 0. The average Bonchev–Trinajstić information content (AvgIpc) is 2.15. The van der Waals surface area contributed by atoms with Gasteiger partial charge in [-0.05, 0) is 12.1 Å². The van der Waals surface area contributed by atoms with Crippen molar-refractivity contribution in [3.63, 3.8) is 0 Å². The van der Waals surface area contributed by atoms with Gasteiger partial charge in [0.1, 0.15) is 12.1 Å². The number of rotatable bonds is 2. The maximum atomic E-state index is 13.1. The highest BCUT2D eigenvalue weighted by Crippen LogP contribution is 2.32. The fourth-order valence-corrected chi connectivity index (χ4v) is 1.37. The second-order valence-corrected chi connectivity index (χ2v) is 3.76. The standard InChI is InChI=1S/C9H5BrF4O/c10-7(4-15)6-2-1-5(3-8(6)11)9(12,13)14/h1-4,7H/t7-/m1/s1. The Kier molecular flexibility index (Phi) is 3.49. The Labute approximate surface area is 91.2 Å². The minimum absolute atomic E-state index is 0.113. The topological polar surface area (TPSA) is 17.1 Å². The van der Waals surface area contributed by atoms with Gasteiger partial charge in [0, 0.05) is 5.56 Å². The van der Waals surface area contributed by atoms with Gasteiger partial charge in [-0.3, -0.25) is 0 Å². The Morgan fingerprint density at radius 2 is 1.93 bits per heavy atom. The van der Waals surface area contributed by atoms with Crippen molar-refractivity contribution in [3.8, 4) is 0 Å². The van der Waals surface area contributed by atoms with E-state index in [1.54, 1.807) is 0 Å². The first-order valence-electron chi connectivity index (χ1n) is 3.82.